The second-order valence-electron chi connectivity index (χ2n) is 4.32. The molecule has 0 atom stereocenters. The zero-order chi connectivity index (χ0) is 13.4. The summed E-state index contributed by atoms with van der Waals surface area (Å²) in [6.07, 6.45) is -4.59. The molecule has 1 aromatic rings. The molecule has 1 rings (SSSR count). The first kappa shape index (κ1) is 16.7. The third-order valence-corrected chi connectivity index (χ3v) is 2.25. The maximum Gasteiger partial charge on any atom is 0.416 e. The molecule has 0 saturated heterocycles. The van der Waals surface area contributed by atoms with Crippen molar-refractivity contribution < 1.29 is 23.1 Å². The first-order valence-corrected chi connectivity index (χ1v) is 4.77. The van der Waals surface area contributed by atoms with Gasteiger partial charge in [-0.1, -0.05) is 0 Å². The predicted molar refractivity (Wildman–Crippen MR) is 62.9 cm³/mol. The van der Waals surface area contributed by atoms with E-state index in [4.69, 9.17) is 10.8 Å². The van der Waals surface area contributed by atoms with Crippen molar-refractivity contribution in [2.45, 2.75) is 25.6 Å². The van der Waals surface area contributed by atoms with E-state index in [1.807, 2.05) is 0 Å². The Morgan fingerprint density at radius 2 is 1.61 bits per heavy atom. The molecule has 0 bridgehead atoms. The number of alkyl halides is 3. The molecule has 0 aliphatic rings. The normalized spacial score (nSPS) is 11.9. The fraction of sp³-hybridized carbons (Fsp3) is 0.364. The van der Waals surface area contributed by atoms with Crippen LogP contribution < -0.4 is 5.73 Å². The Kier molecular flexibility index (Phi) is 4.79. The first-order chi connectivity index (χ1) is 7.51. The highest BCUT2D eigenvalue weighted by Crippen LogP contribution is 2.32. The highest BCUT2D eigenvalue weighted by Gasteiger charge is 2.33. The van der Waals surface area contributed by atoms with E-state index in [0.717, 1.165) is 12.1 Å². The quantitative estimate of drug-likeness (QED) is 0.877. The number of rotatable bonds is 2. The second-order valence-corrected chi connectivity index (χ2v) is 4.32. The summed E-state index contributed by atoms with van der Waals surface area (Å²) >= 11 is 0. The maximum absolute atomic E-state index is 12.6. The van der Waals surface area contributed by atoms with Crippen LogP contribution in [-0.2, 0) is 11.7 Å². The number of hydrogen-bond acceptors (Lipinski definition) is 2. The van der Waals surface area contributed by atoms with Crippen LogP contribution in [0.15, 0.2) is 18.2 Å². The van der Waals surface area contributed by atoms with E-state index < -0.39 is 28.8 Å². The highest BCUT2D eigenvalue weighted by molar-refractivity contribution is 5.88. The molecule has 18 heavy (non-hydrogen) atoms. The van der Waals surface area contributed by atoms with Gasteiger partial charge in [0.15, 0.2) is 0 Å². The average Bonchev–Trinajstić information content (AvgIpc) is 2.14. The molecule has 0 saturated carbocycles. The van der Waals surface area contributed by atoms with Gasteiger partial charge in [-0.15, -0.1) is 12.4 Å². The SMILES string of the molecule is CC(C)(N)c1cc(C(=O)O)cc(C(F)(F)F)c1.Cl. The van der Waals surface area contributed by atoms with Gasteiger partial charge < -0.3 is 10.8 Å². The lowest BCUT2D eigenvalue weighted by atomic mass is 9.92. The van der Waals surface area contributed by atoms with Crippen molar-refractivity contribution in [3.05, 3.63) is 34.9 Å². The Balaban J connectivity index is 0.00000289. The number of aromatic carboxylic acids is 1. The number of carboxylic acid groups (broad SMARTS) is 1. The highest BCUT2D eigenvalue weighted by atomic mass is 35.5. The summed E-state index contributed by atoms with van der Waals surface area (Å²) in [5.41, 5.74) is 3.34. The van der Waals surface area contributed by atoms with E-state index in [1.54, 1.807) is 0 Å². The van der Waals surface area contributed by atoms with Crippen LogP contribution in [0.1, 0.15) is 35.3 Å². The monoisotopic (exact) mass is 283 g/mol. The smallest absolute Gasteiger partial charge is 0.416 e. The van der Waals surface area contributed by atoms with Crippen LogP contribution in [-0.4, -0.2) is 11.1 Å². The van der Waals surface area contributed by atoms with Crippen molar-refractivity contribution in [3.63, 3.8) is 0 Å². The Morgan fingerprint density at radius 3 is 1.94 bits per heavy atom. The van der Waals surface area contributed by atoms with Crippen molar-refractivity contribution in [2.75, 3.05) is 0 Å². The number of carboxylic acids is 1. The summed E-state index contributed by atoms with van der Waals surface area (Å²) in [6, 6.07) is 2.61. The van der Waals surface area contributed by atoms with Crippen LogP contribution in [0.3, 0.4) is 0 Å². The molecular formula is C11H13ClF3NO2. The van der Waals surface area contributed by atoms with E-state index in [9.17, 15) is 18.0 Å². The van der Waals surface area contributed by atoms with E-state index in [2.05, 4.69) is 0 Å². The van der Waals surface area contributed by atoms with Crippen molar-refractivity contribution in [1.82, 2.24) is 0 Å². The molecule has 0 fully saturated rings. The number of halogens is 4. The molecule has 1 aromatic carbocycles. The van der Waals surface area contributed by atoms with Gasteiger partial charge in [0.25, 0.3) is 0 Å². The topological polar surface area (TPSA) is 63.3 Å². The minimum absolute atomic E-state index is 0. The summed E-state index contributed by atoms with van der Waals surface area (Å²) < 4.78 is 37.7. The minimum atomic E-state index is -4.59. The average molecular weight is 284 g/mol. The molecule has 0 radical (unpaired) electrons. The molecule has 7 heteroatoms. The molecule has 0 heterocycles. The van der Waals surface area contributed by atoms with Crippen LogP contribution in [0, 0.1) is 0 Å². The minimum Gasteiger partial charge on any atom is -0.478 e. The van der Waals surface area contributed by atoms with Gasteiger partial charge >= 0.3 is 12.1 Å². The van der Waals surface area contributed by atoms with Gasteiger partial charge in [-0.05, 0) is 37.6 Å². The summed E-state index contributed by atoms with van der Waals surface area (Å²) in [5.74, 6) is -1.42. The molecule has 0 aliphatic carbocycles. The Labute approximate surface area is 108 Å². The number of hydrogen-bond donors (Lipinski definition) is 2. The van der Waals surface area contributed by atoms with Crippen molar-refractivity contribution >= 4 is 18.4 Å². The van der Waals surface area contributed by atoms with Crippen LogP contribution in [0.25, 0.3) is 0 Å². The van der Waals surface area contributed by atoms with Crippen LogP contribution >= 0.6 is 12.4 Å². The summed E-state index contributed by atoms with van der Waals surface area (Å²) in [5, 5.41) is 8.76. The van der Waals surface area contributed by atoms with Gasteiger partial charge in [0.2, 0.25) is 0 Å². The lowest BCUT2D eigenvalue weighted by molar-refractivity contribution is -0.137. The zero-order valence-corrected chi connectivity index (χ0v) is 10.5. The largest absolute Gasteiger partial charge is 0.478 e. The lowest BCUT2D eigenvalue weighted by Crippen LogP contribution is -2.29. The molecule has 3 nitrogen and oxygen atoms in total. The maximum atomic E-state index is 12.6. The molecular weight excluding hydrogens is 271 g/mol. The Morgan fingerprint density at radius 1 is 1.17 bits per heavy atom. The van der Waals surface area contributed by atoms with E-state index >= 15 is 0 Å². The third-order valence-electron chi connectivity index (χ3n) is 2.25. The summed E-state index contributed by atoms with van der Waals surface area (Å²) in [6.45, 7) is 3.02. The molecule has 3 N–H and O–H groups in total. The fourth-order valence-corrected chi connectivity index (χ4v) is 1.29. The van der Waals surface area contributed by atoms with Gasteiger partial charge in [-0.3, -0.25) is 0 Å². The molecule has 0 aliphatic heterocycles. The molecule has 0 aromatic heterocycles. The van der Waals surface area contributed by atoms with Gasteiger partial charge in [0.05, 0.1) is 11.1 Å². The first-order valence-electron chi connectivity index (χ1n) is 4.77. The Hall–Kier alpha value is -1.27. The second kappa shape index (κ2) is 5.16. The molecule has 0 spiro atoms. The fourth-order valence-electron chi connectivity index (χ4n) is 1.29. The van der Waals surface area contributed by atoms with Crippen molar-refractivity contribution in [2.24, 2.45) is 5.73 Å². The van der Waals surface area contributed by atoms with Crippen molar-refractivity contribution in [1.29, 1.82) is 0 Å². The number of benzene rings is 1. The summed E-state index contributed by atoms with van der Waals surface area (Å²) in [4.78, 5) is 10.8. The number of carbonyl (C=O) groups is 1. The van der Waals surface area contributed by atoms with Gasteiger partial charge in [-0.25, -0.2) is 4.79 Å². The van der Waals surface area contributed by atoms with E-state index in [1.165, 1.54) is 13.8 Å². The Bertz CT molecular complexity index is 420. The van der Waals surface area contributed by atoms with Crippen LogP contribution in [0.5, 0.6) is 0 Å². The number of nitrogens with two attached hydrogens (primary N) is 1. The molecule has 0 amide bonds. The third kappa shape index (κ3) is 3.89. The van der Waals surface area contributed by atoms with Gasteiger partial charge in [0, 0.05) is 5.54 Å². The zero-order valence-electron chi connectivity index (χ0n) is 9.71. The lowest BCUT2D eigenvalue weighted by Gasteiger charge is -2.21. The standard InChI is InChI=1S/C11H12F3NO2.ClH/c1-10(2,15)7-3-6(9(16)17)4-8(5-7)11(12,13)14;/h3-5H,15H2,1-2H3,(H,16,17);1H. The van der Waals surface area contributed by atoms with Crippen molar-refractivity contribution in [3.8, 4) is 0 Å². The van der Waals surface area contributed by atoms with Crippen LogP contribution in [0.4, 0.5) is 13.2 Å². The predicted octanol–water partition coefficient (Wildman–Crippen LogP) is 3.02. The van der Waals surface area contributed by atoms with Gasteiger partial charge in [0.1, 0.15) is 0 Å². The summed E-state index contributed by atoms with van der Waals surface area (Å²) in [7, 11) is 0. The molecule has 102 valence electrons. The van der Waals surface area contributed by atoms with E-state index in [-0.39, 0.29) is 18.0 Å². The van der Waals surface area contributed by atoms with Crippen LogP contribution in [0.2, 0.25) is 0 Å². The molecule has 0 unspecified atom stereocenters. The van der Waals surface area contributed by atoms with E-state index in [0.29, 0.717) is 6.07 Å². The van der Waals surface area contributed by atoms with Gasteiger partial charge in [-0.2, -0.15) is 13.2 Å².